The van der Waals surface area contributed by atoms with Gasteiger partial charge in [-0.3, -0.25) is 38.4 Å². The summed E-state index contributed by atoms with van der Waals surface area (Å²) in [6.07, 6.45) is -1.24. The highest BCUT2D eigenvalue weighted by Crippen LogP contribution is 2.26. The number of nitrogens with two attached hydrogens (primary N) is 1. The van der Waals surface area contributed by atoms with Crippen LogP contribution in [0.25, 0.3) is 0 Å². The molecule has 2 heterocycles. The highest BCUT2D eigenvalue weighted by molar-refractivity contribution is 5.98. The number of hydrogen-bond acceptors (Lipinski definition) is 13. The van der Waals surface area contributed by atoms with Crippen molar-refractivity contribution in [1.29, 1.82) is 0 Å². The lowest BCUT2D eigenvalue weighted by Crippen LogP contribution is -2.65. The largest absolute Gasteiger partial charge is 0.508 e. The molecule has 0 aromatic heterocycles. The lowest BCUT2D eigenvalue weighted by Gasteiger charge is -2.43. The van der Waals surface area contributed by atoms with Crippen molar-refractivity contribution in [2.45, 2.75) is 180 Å². The van der Waals surface area contributed by atoms with Gasteiger partial charge in [-0.2, -0.15) is 0 Å². The first-order valence-corrected chi connectivity index (χ1v) is 23.8. The Balaban J connectivity index is 2.22. The summed E-state index contributed by atoms with van der Waals surface area (Å²) in [4.78, 5) is 127. The van der Waals surface area contributed by atoms with E-state index in [9.17, 15) is 58.5 Å². The number of piperidine rings is 1. The highest BCUT2D eigenvalue weighted by atomic mass is 16.5. The van der Waals surface area contributed by atoms with Crippen LogP contribution in [0.3, 0.4) is 0 Å². The standard InChI is InChI=1S/C47H74N8O13/c1-8-9-10-14-36(57)49-32(20-22-38(59)60)42(62)53-40-28(6)68-47(67)39(27(4)5)52-43(63)34(25-29-15-17-30(56)18-16-29)54(7)46(66)35(24-26(2)3)55-37(58)21-19-33(45(55)65)51-41(61)31(50-44(40)64)13-11-12-23-48/h15-18,26-28,31-35,37,39-40,56,58H,8-14,19-25,48H2,1-7H3,(H,49,57)(H,50,64)(H,51,61)(H,52,63)(H,53,62)(H,59,60)/t28-,31-,32?,33?,34?,35-,37?,39-,40+/m0/s1. The average Bonchev–Trinajstić information content (AvgIpc) is 3.27. The number of esters is 1. The molecule has 1 aromatic carbocycles. The molecule has 380 valence electrons. The van der Waals surface area contributed by atoms with Gasteiger partial charge in [0.15, 0.2) is 0 Å². The Hall–Kier alpha value is -5.83. The normalized spacial score (nSPS) is 25.0. The number of cyclic esters (lactones) is 1. The summed E-state index contributed by atoms with van der Waals surface area (Å²) in [5.41, 5.74) is 6.27. The van der Waals surface area contributed by atoms with Crippen LogP contribution >= 0.6 is 0 Å². The van der Waals surface area contributed by atoms with E-state index in [0.717, 1.165) is 22.6 Å². The van der Waals surface area contributed by atoms with Gasteiger partial charge in [0.25, 0.3) is 0 Å². The number of fused-ring (bicyclic) bond motifs is 2. The Labute approximate surface area is 398 Å². The third kappa shape index (κ3) is 16.7. The molecule has 0 radical (unpaired) electrons. The molecule has 21 heteroatoms. The van der Waals surface area contributed by atoms with Crippen molar-refractivity contribution in [3.8, 4) is 5.75 Å². The van der Waals surface area contributed by atoms with Crippen molar-refractivity contribution in [3.63, 3.8) is 0 Å². The molecule has 2 fully saturated rings. The topological polar surface area (TPSA) is 316 Å². The van der Waals surface area contributed by atoms with Gasteiger partial charge >= 0.3 is 11.9 Å². The first kappa shape index (κ1) is 56.5. The number of phenolic OH excluding ortho intramolecular Hbond substituents is 1. The number of rotatable bonds is 19. The second kappa shape index (κ2) is 27.2. The third-order valence-corrected chi connectivity index (χ3v) is 12.2. The van der Waals surface area contributed by atoms with Gasteiger partial charge in [0, 0.05) is 26.3 Å². The third-order valence-electron chi connectivity index (χ3n) is 12.2. The van der Waals surface area contributed by atoms with E-state index < -0.39 is 120 Å². The Morgan fingerprint density at radius 3 is 2.15 bits per heavy atom. The summed E-state index contributed by atoms with van der Waals surface area (Å²) < 4.78 is 5.85. The highest BCUT2D eigenvalue weighted by Gasteiger charge is 2.46. The van der Waals surface area contributed by atoms with Crippen LogP contribution in [0.2, 0.25) is 0 Å². The molecule has 2 bridgehead atoms. The molecule has 7 amide bonds. The van der Waals surface area contributed by atoms with Crippen LogP contribution < -0.4 is 32.3 Å². The number of nitrogens with zero attached hydrogens (tertiary/aromatic N) is 2. The maximum Gasteiger partial charge on any atom is 0.329 e. The molecule has 2 aliphatic heterocycles. The van der Waals surface area contributed by atoms with E-state index in [0.29, 0.717) is 24.8 Å². The fraction of sp³-hybridized carbons (Fsp3) is 0.681. The summed E-state index contributed by atoms with van der Waals surface area (Å²) in [6, 6.07) is -4.06. The van der Waals surface area contributed by atoms with E-state index in [1.165, 1.54) is 26.1 Å². The fourth-order valence-electron chi connectivity index (χ4n) is 8.19. The smallest absolute Gasteiger partial charge is 0.329 e. The van der Waals surface area contributed by atoms with Gasteiger partial charge in [-0.05, 0) is 94.4 Å². The summed E-state index contributed by atoms with van der Waals surface area (Å²) in [5.74, 6) is -8.90. The van der Waals surface area contributed by atoms with Crippen molar-refractivity contribution in [3.05, 3.63) is 29.8 Å². The zero-order valence-electron chi connectivity index (χ0n) is 40.5. The summed E-state index contributed by atoms with van der Waals surface area (Å²) >= 11 is 0. The number of carboxylic acid groups (broad SMARTS) is 1. The van der Waals surface area contributed by atoms with E-state index >= 15 is 0 Å². The molecule has 4 unspecified atom stereocenters. The minimum atomic E-state index is -1.78. The molecule has 0 saturated carbocycles. The van der Waals surface area contributed by atoms with Crippen LogP contribution in [-0.2, 0) is 54.3 Å². The van der Waals surface area contributed by atoms with E-state index in [4.69, 9.17) is 10.5 Å². The number of hydrogen-bond donors (Lipinski definition) is 9. The molecule has 2 saturated heterocycles. The molecule has 21 nitrogen and oxygen atoms in total. The maximum absolute atomic E-state index is 14.8. The number of likely N-dealkylation sites (N-methyl/N-ethyl adjacent to an activating group) is 1. The van der Waals surface area contributed by atoms with Crippen molar-refractivity contribution in [2.24, 2.45) is 17.6 Å². The quantitative estimate of drug-likeness (QED) is 0.0682. The van der Waals surface area contributed by atoms with Crippen LogP contribution in [0.1, 0.15) is 124 Å². The number of aliphatic carboxylic acids is 1. The number of aromatic hydroxyl groups is 1. The number of carbonyl (C=O) groups excluding carboxylic acids is 8. The van der Waals surface area contributed by atoms with Gasteiger partial charge in [-0.1, -0.05) is 59.6 Å². The first-order valence-electron chi connectivity index (χ1n) is 23.8. The summed E-state index contributed by atoms with van der Waals surface area (Å²) in [7, 11) is 1.36. The molecule has 1 aromatic rings. The number of aliphatic hydroxyl groups excluding tert-OH is 1. The van der Waals surface area contributed by atoms with Crippen LogP contribution in [0.4, 0.5) is 0 Å². The number of carboxylic acids is 1. The SMILES string of the molecule is CCCCCC(=O)NC(CCC(=O)O)C(=O)N[C@H]1C(=O)N[C@@H](CCCCN)C(=O)NC2CCC(O)N(C2=O)[C@@H](CC(C)C)C(=O)N(C)C(Cc2ccc(O)cc2)C(=O)N[C@@H](C(C)C)C(=O)O[C@H]1C. The van der Waals surface area contributed by atoms with E-state index in [1.807, 2.05) is 20.8 Å². The summed E-state index contributed by atoms with van der Waals surface area (Å²) in [5, 5.41) is 43.9. The van der Waals surface area contributed by atoms with E-state index in [1.54, 1.807) is 26.0 Å². The summed E-state index contributed by atoms with van der Waals surface area (Å²) in [6.45, 7) is 10.3. The molecule has 68 heavy (non-hydrogen) atoms. The minimum absolute atomic E-state index is 0.00492. The average molecular weight is 959 g/mol. The number of carbonyl (C=O) groups is 9. The molecule has 3 rings (SSSR count). The molecular weight excluding hydrogens is 885 g/mol. The second-order valence-electron chi connectivity index (χ2n) is 18.6. The molecular formula is C47H74N8O13. The predicted octanol–water partition coefficient (Wildman–Crippen LogP) is 0.717. The van der Waals surface area contributed by atoms with Gasteiger partial charge in [-0.25, -0.2) is 4.79 Å². The maximum atomic E-state index is 14.8. The van der Waals surface area contributed by atoms with Crippen molar-refractivity contribution in [2.75, 3.05) is 13.6 Å². The predicted molar refractivity (Wildman–Crippen MR) is 248 cm³/mol. The monoisotopic (exact) mass is 959 g/mol. The Morgan fingerprint density at radius 2 is 1.54 bits per heavy atom. The van der Waals surface area contributed by atoms with Gasteiger partial charge in [0.2, 0.25) is 41.4 Å². The Kier molecular flexibility index (Phi) is 22.6. The van der Waals surface area contributed by atoms with Crippen molar-refractivity contribution >= 4 is 53.3 Å². The molecule has 10 N–H and O–H groups in total. The number of phenols is 1. The van der Waals surface area contributed by atoms with Gasteiger partial charge in [-0.15, -0.1) is 0 Å². The number of aliphatic hydroxyl groups is 1. The number of amides is 7. The number of benzene rings is 1. The number of nitrogens with one attached hydrogen (secondary N) is 5. The van der Waals surface area contributed by atoms with Crippen LogP contribution in [0, 0.1) is 11.8 Å². The zero-order chi connectivity index (χ0) is 50.8. The fourth-order valence-corrected chi connectivity index (χ4v) is 8.19. The van der Waals surface area contributed by atoms with Crippen molar-refractivity contribution < 1.29 is 63.2 Å². The van der Waals surface area contributed by atoms with Crippen LogP contribution in [0.15, 0.2) is 24.3 Å². The molecule has 0 spiro atoms. The zero-order valence-corrected chi connectivity index (χ0v) is 40.5. The second-order valence-corrected chi connectivity index (χ2v) is 18.6. The van der Waals surface area contributed by atoms with Gasteiger partial charge in [0.05, 0.1) is 0 Å². The Bertz CT molecular complexity index is 1910. The molecule has 0 aliphatic carbocycles. The van der Waals surface area contributed by atoms with Crippen LogP contribution in [0.5, 0.6) is 5.75 Å². The lowest BCUT2D eigenvalue weighted by atomic mass is 9.94. The molecule has 2 aliphatic rings. The number of unbranched alkanes of at least 4 members (excludes halogenated alkanes) is 3. The number of ether oxygens (including phenoxy) is 1. The van der Waals surface area contributed by atoms with Gasteiger partial charge < -0.3 is 62.2 Å². The van der Waals surface area contributed by atoms with E-state index in [2.05, 4.69) is 26.6 Å². The van der Waals surface area contributed by atoms with Crippen LogP contribution in [-0.4, -0.2) is 147 Å². The lowest BCUT2D eigenvalue weighted by molar-refractivity contribution is -0.166. The first-order chi connectivity index (χ1) is 32.1. The van der Waals surface area contributed by atoms with Gasteiger partial charge in [0.1, 0.15) is 60.4 Å². The Morgan fingerprint density at radius 1 is 0.868 bits per heavy atom. The molecule has 9 atom stereocenters. The van der Waals surface area contributed by atoms with Crippen molar-refractivity contribution in [1.82, 2.24) is 36.4 Å². The minimum Gasteiger partial charge on any atom is -0.508 e. The van der Waals surface area contributed by atoms with E-state index in [-0.39, 0.29) is 63.2 Å².